The lowest BCUT2D eigenvalue weighted by atomic mass is 9.96. The molecule has 0 aromatic heterocycles. The monoisotopic (exact) mass is 275 g/mol. The minimum atomic E-state index is 0.537. The van der Waals surface area contributed by atoms with Crippen molar-refractivity contribution < 1.29 is 0 Å². The molecule has 1 aromatic rings. The molecule has 0 fully saturated rings. The molecule has 0 amide bonds. The molecule has 0 aliphatic rings. The lowest BCUT2D eigenvalue weighted by molar-refractivity contribution is 0.474. The Labute approximate surface area is 126 Å². The molecule has 0 bridgehead atoms. The molecular weight excluding hydrogens is 242 g/mol. The van der Waals surface area contributed by atoms with Crippen LogP contribution in [0.25, 0.3) is 0 Å². The van der Waals surface area contributed by atoms with Crippen molar-refractivity contribution in [3.8, 4) is 0 Å². The first-order chi connectivity index (χ1) is 9.67. The Morgan fingerprint density at radius 1 is 0.950 bits per heavy atom. The Morgan fingerprint density at radius 3 is 2.20 bits per heavy atom. The Morgan fingerprint density at radius 2 is 1.65 bits per heavy atom. The summed E-state index contributed by atoms with van der Waals surface area (Å²) in [6.07, 6.45) is 7.62. The van der Waals surface area contributed by atoms with Gasteiger partial charge in [-0.3, -0.25) is 0 Å². The molecule has 1 N–H and O–H groups in total. The van der Waals surface area contributed by atoms with Crippen LogP contribution in [0.5, 0.6) is 0 Å². The van der Waals surface area contributed by atoms with Gasteiger partial charge in [0.15, 0.2) is 0 Å². The molecule has 0 saturated heterocycles. The fraction of sp³-hybridized carbons (Fsp3) is 0.684. The topological polar surface area (TPSA) is 12.0 Å². The molecule has 0 aliphatic heterocycles. The fourth-order valence-electron chi connectivity index (χ4n) is 2.66. The van der Waals surface area contributed by atoms with Gasteiger partial charge in [0.25, 0.3) is 0 Å². The van der Waals surface area contributed by atoms with Crippen molar-refractivity contribution in [2.75, 3.05) is 6.54 Å². The van der Waals surface area contributed by atoms with E-state index in [1.54, 1.807) is 0 Å². The first-order valence-electron chi connectivity index (χ1n) is 8.49. The van der Waals surface area contributed by atoms with Gasteiger partial charge in [0.05, 0.1) is 0 Å². The predicted octanol–water partition coefficient (Wildman–Crippen LogP) is 5.51. The normalized spacial score (nSPS) is 12.8. The van der Waals surface area contributed by atoms with Gasteiger partial charge in [0, 0.05) is 6.04 Å². The predicted molar refractivity (Wildman–Crippen MR) is 90.2 cm³/mol. The second-order valence-electron chi connectivity index (χ2n) is 6.34. The van der Waals surface area contributed by atoms with Gasteiger partial charge in [-0.15, -0.1) is 0 Å². The first kappa shape index (κ1) is 17.2. The summed E-state index contributed by atoms with van der Waals surface area (Å²) >= 11 is 0. The molecule has 1 unspecified atom stereocenters. The minimum absolute atomic E-state index is 0.537. The SMILES string of the molecule is CCCCCC(NCCC)c1ccc(CC(C)C)cc1. The van der Waals surface area contributed by atoms with Crippen LogP contribution in [0.1, 0.15) is 77.0 Å². The zero-order valence-corrected chi connectivity index (χ0v) is 13.9. The molecule has 0 radical (unpaired) electrons. The Kier molecular flexibility index (Phi) is 8.60. The maximum Gasteiger partial charge on any atom is 0.0320 e. The standard InChI is InChI=1S/C19H33N/c1-5-7-8-9-19(20-14-6-2)18-12-10-17(11-13-18)15-16(3)4/h10-13,16,19-20H,5-9,14-15H2,1-4H3. The van der Waals surface area contributed by atoms with Crippen molar-refractivity contribution in [2.24, 2.45) is 5.92 Å². The first-order valence-corrected chi connectivity index (χ1v) is 8.49. The third-order valence-corrected chi connectivity index (χ3v) is 3.76. The van der Waals surface area contributed by atoms with Gasteiger partial charge in [0.1, 0.15) is 0 Å². The van der Waals surface area contributed by atoms with Crippen molar-refractivity contribution >= 4 is 0 Å². The second-order valence-corrected chi connectivity index (χ2v) is 6.34. The van der Waals surface area contributed by atoms with E-state index in [2.05, 4.69) is 57.3 Å². The van der Waals surface area contributed by atoms with Crippen molar-refractivity contribution in [1.29, 1.82) is 0 Å². The Hall–Kier alpha value is -0.820. The molecule has 1 aromatic carbocycles. The summed E-state index contributed by atoms with van der Waals surface area (Å²) in [6.45, 7) is 10.2. The van der Waals surface area contributed by atoms with Crippen LogP contribution >= 0.6 is 0 Å². The number of benzene rings is 1. The largest absolute Gasteiger partial charge is 0.310 e. The average molecular weight is 275 g/mol. The second kappa shape index (κ2) is 9.99. The van der Waals surface area contributed by atoms with Crippen LogP contribution in [0.15, 0.2) is 24.3 Å². The van der Waals surface area contributed by atoms with E-state index in [1.165, 1.54) is 49.7 Å². The van der Waals surface area contributed by atoms with Crippen LogP contribution in [-0.4, -0.2) is 6.54 Å². The van der Waals surface area contributed by atoms with Crippen LogP contribution in [0, 0.1) is 5.92 Å². The summed E-state index contributed by atoms with van der Waals surface area (Å²) in [4.78, 5) is 0. The maximum absolute atomic E-state index is 3.70. The van der Waals surface area contributed by atoms with E-state index < -0.39 is 0 Å². The lowest BCUT2D eigenvalue weighted by Gasteiger charge is -2.19. The highest BCUT2D eigenvalue weighted by molar-refractivity contribution is 5.25. The summed E-state index contributed by atoms with van der Waals surface area (Å²) in [5.74, 6) is 0.736. The summed E-state index contributed by atoms with van der Waals surface area (Å²) in [6, 6.07) is 9.83. The molecule has 0 aliphatic carbocycles. The molecule has 0 spiro atoms. The average Bonchev–Trinajstić information content (AvgIpc) is 2.43. The van der Waals surface area contributed by atoms with Crippen molar-refractivity contribution in [1.82, 2.24) is 5.32 Å². The van der Waals surface area contributed by atoms with E-state index in [1.807, 2.05) is 0 Å². The molecule has 1 heteroatoms. The summed E-state index contributed by atoms with van der Waals surface area (Å²) in [7, 11) is 0. The van der Waals surface area contributed by atoms with E-state index in [4.69, 9.17) is 0 Å². The Balaban J connectivity index is 2.63. The zero-order valence-electron chi connectivity index (χ0n) is 13.9. The third kappa shape index (κ3) is 6.56. The van der Waals surface area contributed by atoms with Crippen molar-refractivity contribution in [2.45, 2.75) is 72.3 Å². The highest BCUT2D eigenvalue weighted by Crippen LogP contribution is 2.21. The molecule has 1 atom stereocenters. The van der Waals surface area contributed by atoms with Crippen LogP contribution < -0.4 is 5.32 Å². The van der Waals surface area contributed by atoms with Gasteiger partial charge in [0.2, 0.25) is 0 Å². The van der Waals surface area contributed by atoms with E-state index >= 15 is 0 Å². The van der Waals surface area contributed by atoms with E-state index in [-0.39, 0.29) is 0 Å². The van der Waals surface area contributed by atoms with Gasteiger partial charge >= 0.3 is 0 Å². The molecule has 0 saturated carbocycles. The van der Waals surface area contributed by atoms with Crippen molar-refractivity contribution in [3.63, 3.8) is 0 Å². The number of rotatable bonds is 10. The zero-order chi connectivity index (χ0) is 14.8. The van der Waals surface area contributed by atoms with Crippen molar-refractivity contribution in [3.05, 3.63) is 35.4 Å². The van der Waals surface area contributed by atoms with Gasteiger partial charge in [-0.05, 0) is 42.9 Å². The van der Waals surface area contributed by atoms with E-state index in [9.17, 15) is 0 Å². The summed E-state index contributed by atoms with van der Waals surface area (Å²) in [5.41, 5.74) is 2.92. The molecule has 1 nitrogen and oxygen atoms in total. The van der Waals surface area contributed by atoms with Gasteiger partial charge in [-0.1, -0.05) is 71.2 Å². The molecule has 0 heterocycles. The van der Waals surface area contributed by atoms with E-state index in [0.29, 0.717) is 6.04 Å². The lowest BCUT2D eigenvalue weighted by Crippen LogP contribution is -2.22. The molecular formula is C19H33N. The van der Waals surface area contributed by atoms with E-state index in [0.717, 1.165) is 12.5 Å². The smallest absolute Gasteiger partial charge is 0.0320 e. The van der Waals surface area contributed by atoms with Crippen LogP contribution in [0.2, 0.25) is 0 Å². The van der Waals surface area contributed by atoms with Crippen LogP contribution in [0.3, 0.4) is 0 Å². The summed E-state index contributed by atoms with van der Waals surface area (Å²) in [5, 5.41) is 3.70. The molecule has 114 valence electrons. The number of nitrogens with one attached hydrogen (secondary N) is 1. The Bertz CT molecular complexity index is 339. The number of hydrogen-bond donors (Lipinski definition) is 1. The van der Waals surface area contributed by atoms with Gasteiger partial charge in [-0.25, -0.2) is 0 Å². The third-order valence-electron chi connectivity index (χ3n) is 3.76. The van der Waals surface area contributed by atoms with Crippen LogP contribution in [-0.2, 0) is 6.42 Å². The fourth-order valence-corrected chi connectivity index (χ4v) is 2.66. The summed E-state index contributed by atoms with van der Waals surface area (Å²) < 4.78 is 0. The molecule has 20 heavy (non-hydrogen) atoms. The maximum atomic E-state index is 3.70. The molecule has 1 rings (SSSR count). The number of unbranched alkanes of at least 4 members (excludes halogenated alkanes) is 2. The number of hydrogen-bond acceptors (Lipinski definition) is 1. The highest BCUT2D eigenvalue weighted by Gasteiger charge is 2.10. The van der Waals surface area contributed by atoms with Gasteiger partial charge in [-0.2, -0.15) is 0 Å². The highest BCUT2D eigenvalue weighted by atomic mass is 14.9. The van der Waals surface area contributed by atoms with Gasteiger partial charge < -0.3 is 5.32 Å². The quantitative estimate of drug-likeness (QED) is 0.555. The minimum Gasteiger partial charge on any atom is -0.310 e. The van der Waals surface area contributed by atoms with Crippen LogP contribution in [0.4, 0.5) is 0 Å².